The van der Waals surface area contributed by atoms with Crippen LogP contribution in [0.15, 0.2) is 158 Å². The average Bonchev–Trinajstić information content (AvgIpc) is 3.67. The molecule has 0 fully saturated rings. The molecule has 0 atom stereocenters. The number of pyridine rings is 2. The van der Waals surface area contributed by atoms with Crippen LogP contribution in [-0.2, 0) is 5.41 Å². The summed E-state index contributed by atoms with van der Waals surface area (Å²) in [6.45, 7) is 6.68. The van der Waals surface area contributed by atoms with Gasteiger partial charge in [-0.1, -0.05) is 130 Å². The minimum absolute atomic E-state index is 0.0273. The molecule has 0 saturated carbocycles. The van der Waals surface area contributed by atoms with Gasteiger partial charge in [0.1, 0.15) is 17.3 Å². The van der Waals surface area contributed by atoms with Gasteiger partial charge in [0.05, 0.1) is 16.6 Å². The Hall–Kier alpha value is -5.82. The highest BCUT2D eigenvalue weighted by Gasteiger charge is 2.38. The molecule has 0 aliphatic heterocycles. The third kappa shape index (κ3) is 4.64. The van der Waals surface area contributed by atoms with E-state index < -0.39 is 8.32 Å². The third-order valence-electron chi connectivity index (χ3n) is 10.1. The number of fused-ring (bicyclic) bond motifs is 6. The Kier molecular flexibility index (Phi) is 6.88. The fraction of sp³-hybridized carbons (Fsp3) is 0.0909. The summed E-state index contributed by atoms with van der Waals surface area (Å²) in [5.41, 5.74) is 5.17. The lowest BCUT2D eigenvalue weighted by atomic mass is 9.88. The maximum absolute atomic E-state index is 12.9. The predicted molar refractivity (Wildman–Crippen MR) is 209 cm³/mol. The first-order valence-corrected chi connectivity index (χ1v) is 19.0. The SMILES string of the molecule is CC(C)(C)c1ccnc(-n2c3ccccc3c3ccc(-n4c5ccccc5c5ccc([Si](O)(c6ccccc6)c6ccccc6)cc54)nc32)c1. The van der Waals surface area contributed by atoms with Crippen molar-refractivity contribution < 1.29 is 4.80 Å². The number of nitrogens with zero attached hydrogens (tertiary/aromatic N) is 4. The second kappa shape index (κ2) is 11.4. The summed E-state index contributed by atoms with van der Waals surface area (Å²) >= 11 is 0. The van der Waals surface area contributed by atoms with Crippen LogP contribution in [0.2, 0.25) is 0 Å². The Balaban J connectivity index is 1.33. The number of benzene rings is 5. The summed E-state index contributed by atoms with van der Waals surface area (Å²) in [4.78, 5) is 23.2. The van der Waals surface area contributed by atoms with E-state index in [1.807, 2.05) is 42.6 Å². The number of aromatic nitrogens is 4. The Morgan fingerprint density at radius 3 is 1.72 bits per heavy atom. The Bertz CT molecular complexity index is 2670. The highest BCUT2D eigenvalue weighted by molar-refractivity contribution is 7.06. The molecular weight excluding hydrogens is 629 g/mol. The van der Waals surface area contributed by atoms with Crippen LogP contribution in [0.3, 0.4) is 0 Å². The maximum Gasteiger partial charge on any atom is 0.285 e. The van der Waals surface area contributed by atoms with Gasteiger partial charge in [0.2, 0.25) is 0 Å². The van der Waals surface area contributed by atoms with Crippen LogP contribution in [0, 0.1) is 0 Å². The van der Waals surface area contributed by atoms with Crippen LogP contribution in [0.1, 0.15) is 26.3 Å². The van der Waals surface area contributed by atoms with Crippen LogP contribution >= 0.6 is 0 Å². The number of hydrogen-bond donors (Lipinski definition) is 1. The van der Waals surface area contributed by atoms with Gasteiger partial charge in [-0.2, -0.15) is 0 Å². The van der Waals surface area contributed by atoms with Crippen molar-refractivity contribution in [3.63, 3.8) is 0 Å². The number of hydrogen-bond acceptors (Lipinski definition) is 3. The van der Waals surface area contributed by atoms with Gasteiger partial charge < -0.3 is 4.80 Å². The van der Waals surface area contributed by atoms with Gasteiger partial charge in [-0.05, 0) is 69.0 Å². The van der Waals surface area contributed by atoms with Crippen LogP contribution in [0.5, 0.6) is 0 Å². The van der Waals surface area contributed by atoms with Gasteiger partial charge >= 0.3 is 0 Å². The summed E-state index contributed by atoms with van der Waals surface area (Å²) in [6.07, 6.45) is 1.90. The second-order valence-electron chi connectivity index (χ2n) is 14.1. The van der Waals surface area contributed by atoms with Gasteiger partial charge in [-0.3, -0.25) is 9.13 Å². The minimum atomic E-state index is -3.35. The molecule has 0 aliphatic carbocycles. The molecule has 1 N–H and O–H groups in total. The van der Waals surface area contributed by atoms with Crippen LogP contribution < -0.4 is 15.6 Å². The molecule has 0 amide bonds. The van der Waals surface area contributed by atoms with E-state index in [9.17, 15) is 4.80 Å². The third-order valence-corrected chi connectivity index (χ3v) is 13.5. The zero-order chi connectivity index (χ0) is 34.0. The van der Waals surface area contributed by atoms with E-state index in [0.717, 1.165) is 70.9 Å². The van der Waals surface area contributed by atoms with Crippen molar-refractivity contribution in [3.05, 3.63) is 163 Å². The number of rotatable bonds is 5. The van der Waals surface area contributed by atoms with Crippen molar-refractivity contribution in [1.82, 2.24) is 19.1 Å². The molecule has 0 saturated heterocycles. The molecule has 9 rings (SSSR count). The van der Waals surface area contributed by atoms with E-state index in [0.29, 0.717) is 0 Å². The number of para-hydroxylation sites is 2. The minimum Gasteiger partial charge on any atom is -0.421 e. The maximum atomic E-state index is 12.9. The molecular formula is C44H36N4OSi. The molecule has 9 aromatic rings. The summed E-state index contributed by atoms with van der Waals surface area (Å²) in [7, 11) is -3.35. The molecule has 50 heavy (non-hydrogen) atoms. The summed E-state index contributed by atoms with van der Waals surface area (Å²) in [6, 6.07) is 52.3. The Labute approximate surface area is 291 Å². The Morgan fingerprint density at radius 2 is 1.06 bits per heavy atom. The van der Waals surface area contributed by atoms with Gasteiger partial charge in [-0.15, -0.1) is 0 Å². The predicted octanol–water partition coefficient (Wildman–Crippen LogP) is 7.93. The van der Waals surface area contributed by atoms with E-state index in [4.69, 9.17) is 9.97 Å². The van der Waals surface area contributed by atoms with E-state index >= 15 is 0 Å². The van der Waals surface area contributed by atoms with E-state index in [1.54, 1.807) is 0 Å². The summed E-state index contributed by atoms with van der Waals surface area (Å²) in [5.74, 6) is 1.65. The first-order valence-electron chi connectivity index (χ1n) is 17.1. The molecule has 0 spiro atoms. The van der Waals surface area contributed by atoms with Gasteiger partial charge in [0, 0.05) is 27.7 Å². The molecule has 6 heteroatoms. The van der Waals surface area contributed by atoms with Gasteiger partial charge in [-0.25, -0.2) is 9.97 Å². The quantitative estimate of drug-likeness (QED) is 0.150. The van der Waals surface area contributed by atoms with E-state index in [1.165, 1.54) is 5.56 Å². The standard InChI is InChI=1S/C44H36N4OSi/c1-44(2,3)30-26-27-45-42(28-30)48-39-21-13-11-19-35(39)37-24-25-41(46-43(37)48)47-38-20-12-10-18-34(38)36-23-22-33(29-40(36)47)50(49,31-14-6-4-7-15-31)32-16-8-5-9-17-32/h4-29,49H,1-3H3. The van der Waals surface area contributed by atoms with Crippen LogP contribution in [-0.4, -0.2) is 32.2 Å². The lowest BCUT2D eigenvalue weighted by Crippen LogP contribution is -2.67. The first-order chi connectivity index (χ1) is 24.3. The summed E-state index contributed by atoms with van der Waals surface area (Å²) < 4.78 is 4.44. The van der Waals surface area contributed by atoms with Crippen LogP contribution in [0.25, 0.3) is 55.4 Å². The molecule has 0 aliphatic rings. The molecule has 242 valence electrons. The second-order valence-corrected chi connectivity index (χ2v) is 17.2. The van der Waals surface area contributed by atoms with Gasteiger partial charge in [0.25, 0.3) is 8.32 Å². The lowest BCUT2D eigenvalue weighted by molar-refractivity contribution is 0.583. The van der Waals surface area contributed by atoms with Crippen LogP contribution in [0.4, 0.5) is 0 Å². The van der Waals surface area contributed by atoms with Crippen molar-refractivity contribution in [2.45, 2.75) is 26.2 Å². The normalized spacial score (nSPS) is 12.4. The highest BCUT2D eigenvalue weighted by Crippen LogP contribution is 2.35. The topological polar surface area (TPSA) is 55.9 Å². The zero-order valence-electron chi connectivity index (χ0n) is 28.2. The molecule has 5 nitrogen and oxygen atoms in total. The van der Waals surface area contributed by atoms with Crippen molar-refractivity contribution >= 4 is 67.6 Å². The monoisotopic (exact) mass is 664 g/mol. The molecule has 0 unspecified atom stereocenters. The highest BCUT2D eigenvalue weighted by atomic mass is 28.4. The fourth-order valence-electron chi connectivity index (χ4n) is 7.49. The van der Waals surface area contributed by atoms with Crippen molar-refractivity contribution in [1.29, 1.82) is 0 Å². The summed E-state index contributed by atoms with van der Waals surface area (Å²) in [5, 5.41) is 7.28. The van der Waals surface area contributed by atoms with Gasteiger partial charge in [0.15, 0.2) is 0 Å². The largest absolute Gasteiger partial charge is 0.421 e. The molecule has 5 aromatic carbocycles. The molecule has 0 radical (unpaired) electrons. The zero-order valence-corrected chi connectivity index (χ0v) is 29.2. The average molecular weight is 665 g/mol. The van der Waals surface area contributed by atoms with E-state index in [-0.39, 0.29) is 5.41 Å². The first kappa shape index (κ1) is 30.3. The Morgan fingerprint density at radius 1 is 0.500 bits per heavy atom. The van der Waals surface area contributed by atoms with Crippen molar-refractivity contribution in [2.24, 2.45) is 0 Å². The van der Waals surface area contributed by atoms with E-state index in [2.05, 4.69) is 145 Å². The molecule has 4 heterocycles. The lowest BCUT2D eigenvalue weighted by Gasteiger charge is -2.27. The smallest absolute Gasteiger partial charge is 0.285 e. The van der Waals surface area contributed by atoms with Crippen molar-refractivity contribution in [3.8, 4) is 11.6 Å². The fourth-order valence-corrected chi connectivity index (χ4v) is 10.5. The van der Waals surface area contributed by atoms with Crippen molar-refractivity contribution in [2.75, 3.05) is 0 Å². The molecule has 4 aromatic heterocycles. The molecule has 0 bridgehead atoms.